The minimum absolute atomic E-state index is 0.125. The van der Waals surface area contributed by atoms with Crippen LogP contribution in [0.5, 0.6) is 5.75 Å². The summed E-state index contributed by atoms with van der Waals surface area (Å²) in [4.78, 5) is -0.153. The number of nitrogens with two attached hydrogens (primary N) is 1. The summed E-state index contributed by atoms with van der Waals surface area (Å²) in [5, 5.41) is -0.219. The third-order valence-corrected chi connectivity index (χ3v) is 4.02. The molecule has 0 aliphatic carbocycles. The van der Waals surface area contributed by atoms with Gasteiger partial charge in [-0.05, 0) is 25.1 Å². The van der Waals surface area contributed by atoms with Crippen LogP contribution in [-0.4, -0.2) is 27.6 Å². The Labute approximate surface area is 114 Å². The van der Waals surface area contributed by atoms with Crippen molar-refractivity contribution in [3.05, 3.63) is 23.2 Å². The average Bonchev–Trinajstić information content (AvgIpc) is 2.30. The molecule has 9 heteroatoms. The predicted molar refractivity (Wildman–Crippen MR) is 66.9 cm³/mol. The van der Waals surface area contributed by atoms with Crippen LogP contribution < -0.4 is 15.2 Å². The zero-order valence-corrected chi connectivity index (χ0v) is 11.5. The topological polar surface area (TPSA) is 81.4 Å². The summed E-state index contributed by atoms with van der Waals surface area (Å²) in [6.45, 7) is -1.32. The van der Waals surface area contributed by atoms with Crippen LogP contribution in [0.1, 0.15) is 6.92 Å². The van der Waals surface area contributed by atoms with Gasteiger partial charge >= 0.3 is 6.61 Å². The number of nitrogens with one attached hydrogen (secondary N) is 1. The summed E-state index contributed by atoms with van der Waals surface area (Å²) >= 11 is 5.67. The van der Waals surface area contributed by atoms with Crippen LogP contribution in [-0.2, 0) is 10.0 Å². The van der Waals surface area contributed by atoms with Crippen LogP contribution in [0, 0.1) is 0 Å². The minimum atomic E-state index is -3.80. The van der Waals surface area contributed by atoms with E-state index in [9.17, 15) is 17.2 Å². The molecule has 0 aliphatic heterocycles. The van der Waals surface area contributed by atoms with Crippen molar-refractivity contribution >= 4 is 21.6 Å². The molecule has 1 aromatic carbocycles. The van der Waals surface area contributed by atoms with Crippen LogP contribution in [0.25, 0.3) is 0 Å². The van der Waals surface area contributed by atoms with E-state index in [-0.39, 0.29) is 22.2 Å². The second-order valence-electron chi connectivity index (χ2n) is 3.73. The van der Waals surface area contributed by atoms with Crippen LogP contribution >= 0.6 is 11.6 Å². The maximum atomic E-state index is 12.0. The molecule has 0 saturated carbocycles. The molecule has 108 valence electrons. The molecule has 1 unspecified atom stereocenters. The maximum absolute atomic E-state index is 12.0. The second-order valence-corrected chi connectivity index (χ2v) is 5.85. The largest absolute Gasteiger partial charge is 0.433 e. The van der Waals surface area contributed by atoms with Crippen LogP contribution in [0.4, 0.5) is 8.78 Å². The molecule has 0 fully saturated rings. The van der Waals surface area contributed by atoms with E-state index in [2.05, 4.69) is 9.46 Å². The first kappa shape index (κ1) is 16.1. The van der Waals surface area contributed by atoms with Crippen molar-refractivity contribution in [2.75, 3.05) is 6.54 Å². The van der Waals surface area contributed by atoms with Crippen molar-refractivity contribution in [2.45, 2.75) is 24.5 Å². The molecule has 0 amide bonds. The summed E-state index contributed by atoms with van der Waals surface area (Å²) in [5.74, 6) is -0.289. The SMILES string of the molecule is CC(CN)NS(=O)(=O)c1ccc(OC(F)F)c(Cl)c1. The summed E-state index contributed by atoms with van der Waals surface area (Å²) in [7, 11) is -3.80. The minimum Gasteiger partial charge on any atom is -0.433 e. The first-order valence-electron chi connectivity index (χ1n) is 5.23. The Kier molecular flexibility index (Phi) is 5.48. The summed E-state index contributed by atoms with van der Waals surface area (Å²) in [6.07, 6.45) is 0. The highest BCUT2D eigenvalue weighted by molar-refractivity contribution is 7.89. The number of sulfonamides is 1. The monoisotopic (exact) mass is 314 g/mol. The third kappa shape index (κ3) is 4.57. The molecule has 0 aliphatic rings. The fraction of sp³-hybridized carbons (Fsp3) is 0.400. The van der Waals surface area contributed by atoms with E-state index in [4.69, 9.17) is 17.3 Å². The molecule has 0 heterocycles. The summed E-state index contributed by atoms with van der Waals surface area (Å²) in [5.41, 5.74) is 5.31. The summed E-state index contributed by atoms with van der Waals surface area (Å²) < 4.78 is 54.2. The number of ether oxygens (including phenoxy) is 1. The molecule has 0 saturated heterocycles. The second kappa shape index (κ2) is 6.47. The van der Waals surface area contributed by atoms with Crippen molar-refractivity contribution in [1.29, 1.82) is 0 Å². The van der Waals surface area contributed by atoms with Gasteiger partial charge in [0.2, 0.25) is 10.0 Å². The molecule has 1 atom stereocenters. The van der Waals surface area contributed by atoms with Crippen LogP contribution in [0.2, 0.25) is 5.02 Å². The number of alkyl halides is 2. The molecule has 3 N–H and O–H groups in total. The van der Waals surface area contributed by atoms with E-state index in [0.29, 0.717) is 0 Å². The molecular weight excluding hydrogens is 302 g/mol. The summed E-state index contributed by atoms with van der Waals surface area (Å²) in [6, 6.07) is 2.76. The van der Waals surface area contributed by atoms with Crippen molar-refractivity contribution < 1.29 is 21.9 Å². The van der Waals surface area contributed by atoms with E-state index in [1.165, 1.54) is 0 Å². The predicted octanol–water partition coefficient (Wildman–Crippen LogP) is 1.57. The normalized spacial score (nSPS) is 13.6. The molecule has 0 bridgehead atoms. The maximum Gasteiger partial charge on any atom is 0.387 e. The fourth-order valence-electron chi connectivity index (χ4n) is 1.22. The molecule has 19 heavy (non-hydrogen) atoms. The fourth-order valence-corrected chi connectivity index (χ4v) is 2.79. The molecule has 1 aromatic rings. The van der Waals surface area contributed by atoms with E-state index in [1.807, 2.05) is 0 Å². The van der Waals surface area contributed by atoms with Crippen molar-refractivity contribution in [3.8, 4) is 5.75 Å². The van der Waals surface area contributed by atoms with E-state index < -0.39 is 22.7 Å². The molecule has 0 radical (unpaired) electrons. The molecule has 1 rings (SSSR count). The smallest absolute Gasteiger partial charge is 0.387 e. The van der Waals surface area contributed by atoms with Gasteiger partial charge in [0.25, 0.3) is 0 Å². The molecule has 5 nitrogen and oxygen atoms in total. The van der Waals surface area contributed by atoms with Gasteiger partial charge in [0, 0.05) is 12.6 Å². The highest BCUT2D eigenvalue weighted by atomic mass is 35.5. The first-order chi connectivity index (χ1) is 8.76. The van der Waals surface area contributed by atoms with E-state index in [1.54, 1.807) is 6.92 Å². The number of benzene rings is 1. The van der Waals surface area contributed by atoms with Gasteiger partial charge in [0.15, 0.2) is 0 Å². The van der Waals surface area contributed by atoms with Gasteiger partial charge in [0.05, 0.1) is 9.92 Å². The molecule has 0 aromatic heterocycles. The lowest BCUT2D eigenvalue weighted by Gasteiger charge is -2.13. The van der Waals surface area contributed by atoms with Gasteiger partial charge in [-0.3, -0.25) is 0 Å². The highest BCUT2D eigenvalue weighted by Crippen LogP contribution is 2.28. The lowest BCUT2D eigenvalue weighted by Crippen LogP contribution is -2.37. The van der Waals surface area contributed by atoms with E-state index >= 15 is 0 Å². The Morgan fingerprint density at radius 3 is 2.58 bits per heavy atom. The Bertz CT molecular complexity index is 540. The zero-order valence-electron chi connectivity index (χ0n) is 9.94. The number of hydrogen-bond donors (Lipinski definition) is 2. The Morgan fingerprint density at radius 2 is 2.11 bits per heavy atom. The van der Waals surface area contributed by atoms with Crippen molar-refractivity contribution in [2.24, 2.45) is 5.73 Å². The standard InChI is InChI=1S/C10H13ClF2N2O3S/c1-6(5-14)15-19(16,17)7-2-3-9(8(11)4-7)18-10(12)13/h2-4,6,10,15H,5,14H2,1H3. The van der Waals surface area contributed by atoms with Gasteiger partial charge in [-0.25, -0.2) is 13.1 Å². The molecule has 0 spiro atoms. The third-order valence-electron chi connectivity index (χ3n) is 2.14. The van der Waals surface area contributed by atoms with Gasteiger partial charge in [0.1, 0.15) is 5.75 Å². The van der Waals surface area contributed by atoms with Crippen LogP contribution in [0.15, 0.2) is 23.1 Å². The Morgan fingerprint density at radius 1 is 1.47 bits per heavy atom. The number of rotatable bonds is 6. The number of hydrogen-bond acceptors (Lipinski definition) is 4. The lowest BCUT2D eigenvalue weighted by molar-refractivity contribution is -0.0498. The number of halogens is 3. The van der Waals surface area contributed by atoms with Crippen LogP contribution in [0.3, 0.4) is 0 Å². The Hall–Kier alpha value is -0.960. The van der Waals surface area contributed by atoms with E-state index in [0.717, 1.165) is 18.2 Å². The quantitative estimate of drug-likeness (QED) is 0.835. The highest BCUT2D eigenvalue weighted by Gasteiger charge is 2.19. The zero-order chi connectivity index (χ0) is 14.6. The average molecular weight is 315 g/mol. The van der Waals surface area contributed by atoms with Crippen molar-refractivity contribution in [3.63, 3.8) is 0 Å². The van der Waals surface area contributed by atoms with Crippen molar-refractivity contribution in [1.82, 2.24) is 4.72 Å². The van der Waals surface area contributed by atoms with Gasteiger partial charge < -0.3 is 10.5 Å². The van der Waals surface area contributed by atoms with Gasteiger partial charge in [-0.15, -0.1) is 0 Å². The van der Waals surface area contributed by atoms with Gasteiger partial charge in [-0.2, -0.15) is 8.78 Å². The Balaban J connectivity index is 3.00. The first-order valence-corrected chi connectivity index (χ1v) is 7.09. The lowest BCUT2D eigenvalue weighted by atomic mass is 10.3. The van der Waals surface area contributed by atoms with Gasteiger partial charge in [-0.1, -0.05) is 11.6 Å². The molecular formula is C10H13ClF2N2O3S.